The SMILES string of the molecule is O=C(NCc1cccc(C(F)(F)F)c1)c1ccc(Br)s1. The number of halogens is 4. The van der Waals surface area contributed by atoms with Crippen LogP contribution < -0.4 is 5.32 Å². The molecule has 0 aliphatic rings. The quantitative estimate of drug-likeness (QED) is 0.856. The summed E-state index contributed by atoms with van der Waals surface area (Å²) in [6, 6.07) is 8.29. The highest BCUT2D eigenvalue weighted by Gasteiger charge is 2.30. The van der Waals surface area contributed by atoms with E-state index in [4.69, 9.17) is 0 Å². The van der Waals surface area contributed by atoms with Crippen molar-refractivity contribution in [2.45, 2.75) is 12.7 Å². The molecule has 1 N–H and O–H groups in total. The molecule has 0 aliphatic heterocycles. The third-order valence-electron chi connectivity index (χ3n) is 2.50. The summed E-state index contributed by atoms with van der Waals surface area (Å²) in [4.78, 5) is 12.3. The number of hydrogen-bond acceptors (Lipinski definition) is 2. The summed E-state index contributed by atoms with van der Waals surface area (Å²) >= 11 is 4.50. The summed E-state index contributed by atoms with van der Waals surface area (Å²) in [5.41, 5.74) is -0.313. The summed E-state index contributed by atoms with van der Waals surface area (Å²) in [5, 5.41) is 2.59. The van der Waals surface area contributed by atoms with Gasteiger partial charge in [0.05, 0.1) is 14.2 Å². The maximum absolute atomic E-state index is 12.5. The molecule has 1 aromatic carbocycles. The van der Waals surface area contributed by atoms with E-state index >= 15 is 0 Å². The van der Waals surface area contributed by atoms with E-state index in [1.807, 2.05) is 0 Å². The molecule has 0 unspecified atom stereocenters. The highest BCUT2D eigenvalue weighted by Crippen LogP contribution is 2.29. The molecule has 20 heavy (non-hydrogen) atoms. The van der Waals surface area contributed by atoms with Crippen LogP contribution >= 0.6 is 27.3 Å². The highest BCUT2D eigenvalue weighted by atomic mass is 79.9. The van der Waals surface area contributed by atoms with E-state index in [2.05, 4.69) is 21.2 Å². The molecule has 0 bridgehead atoms. The van der Waals surface area contributed by atoms with Crippen molar-refractivity contribution in [3.8, 4) is 0 Å². The Labute approximate surface area is 125 Å². The number of nitrogens with one attached hydrogen (secondary N) is 1. The molecule has 1 heterocycles. The number of hydrogen-bond donors (Lipinski definition) is 1. The molecular weight excluding hydrogens is 355 g/mol. The predicted molar refractivity (Wildman–Crippen MR) is 74.6 cm³/mol. The van der Waals surface area contributed by atoms with Crippen molar-refractivity contribution in [3.05, 3.63) is 56.2 Å². The zero-order valence-electron chi connectivity index (χ0n) is 10.00. The Morgan fingerprint density at radius 1 is 1.25 bits per heavy atom. The van der Waals surface area contributed by atoms with Crippen molar-refractivity contribution in [3.63, 3.8) is 0 Å². The van der Waals surface area contributed by atoms with Gasteiger partial charge in [0.2, 0.25) is 0 Å². The zero-order chi connectivity index (χ0) is 14.8. The van der Waals surface area contributed by atoms with Crippen LogP contribution in [0, 0.1) is 0 Å². The summed E-state index contributed by atoms with van der Waals surface area (Å²) in [6.07, 6.45) is -4.38. The lowest BCUT2D eigenvalue weighted by atomic mass is 10.1. The molecule has 0 saturated carbocycles. The highest BCUT2D eigenvalue weighted by molar-refractivity contribution is 9.11. The standard InChI is InChI=1S/C13H9BrF3NOS/c14-11-5-4-10(20-11)12(19)18-7-8-2-1-3-9(6-8)13(15,16)17/h1-6H,7H2,(H,18,19). The Morgan fingerprint density at radius 2 is 2.00 bits per heavy atom. The minimum absolute atomic E-state index is 0.0538. The summed E-state index contributed by atoms with van der Waals surface area (Å²) in [6.45, 7) is 0.0538. The molecule has 1 amide bonds. The van der Waals surface area contributed by atoms with Gasteiger partial charge in [0.1, 0.15) is 0 Å². The number of carbonyl (C=O) groups excluding carboxylic acids is 1. The van der Waals surface area contributed by atoms with Crippen LogP contribution in [0.2, 0.25) is 0 Å². The normalized spacial score (nSPS) is 11.4. The van der Waals surface area contributed by atoms with Gasteiger partial charge in [-0.1, -0.05) is 12.1 Å². The number of rotatable bonds is 3. The van der Waals surface area contributed by atoms with E-state index in [-0.39, 0.29) is 12.5 Å². The fourth-order valence-corrected chi connectivity index (χ4v) is 2.87. The van der Waals surface area contributed by atoms with Gasteiger partial charge in [-0.25, -0.2) is 0 Å². The second-order valence-electron chi connectivity index (χ2n) is 3.98. The zero-order valence-corrected chi connectivity index (χ0v) is 12.4. The molecule has 106 valence electrons. The molecule has 0 saturated heterocycles. The van der Waals surface area contributed by atoms with Gasteiger partial charge in [0.15, 0.2) is 0 Å². The van der Waals surface area contributed by atoms with Gasteiger partial charge in [-0.05, 0) is 45.8 Å². The van der Waals surface area contributed by atoms with Gasteiger partial charge in [-0.15, -0.1) is 11.3 Å². The first-order valence-corrected chi connectivity index (χ1v) is 7.17. The van der Waals surface area contributed by atoms with Crippen LogP contribution in [0.3, 0.4) is 0 Å². The van der Waals surface area contributed by atoms with Crippen LogP contribution in [0.4, 0.5) is 13.2 Å². The van der Waals surface area contributed by atoms with Crippen molar-refractivity contribution in [1.29, 1.82) is 0 Å². The Balaban J connectivity index is 2.02. The largest absolute Gasteiger partial charge is 0.416 e. The maximum atomic E-state index is 12.5. The molecule has 2 aromatic rings. The third-order valence-corrected chi connectivity index (χ3v) is 4.13. The van der Waals surface area contributed by atoms with Crippen molar-refractivity contribution in [2.75, 3.05) is 0 Å². The lowest BCUT2D eigenvalue weighted by Gasteiger charge is -2.09. The van der Waals surface area contributed by atoms with Gasteiger partial charge in [0.25, 0.3) is 5.91 Å². The minimum Gasteiger partial charge on any atom is -0.347 e. The molecule has 2 rings (SSSR count). The van der Waals surface area contributed by atoms with E-state index < -0.39 is 11.7 Å². The number of benzene rings is 1. The number of alkyl halides is 3. The van der Waals surface area contributed by atoms with Crippen LogP contribution in [0.15, 0.2) is 40.2 Å². The lowest BCUT2D eigenvalue weighted by Crippen LogP contribution is -2.22. The maximum Gasteiger partial charge on any atom is 0.416 e. The summed E-state index contributed by atoms with van der Waals surface area (Å²) < 4.78 is 38.5. The van der Waals surface area contributed by atoms with Gasteiger partial charge in [-0.2, -0.15) is 13.2 Å². The van der Waals surface area contributed by atoms with Crippen LogP contribution in [-0.2, 0) is 12.7 Å². The fraction of sp³-hybridized carbons (Fsp3) is 0.154. The molecule has 1 aromatic heterocycles. The number of carbonyl (C=O) groups is 1. The van der Waals surface area contributed by atoms with E-state index in [0.717, 1.165) is 15.9 Å². The van der Waals surface area contributed by atoms with E-state index in [0.29, 0.717) is 10.4 Å². The van der Waals surface area contributed by atoms with Crippen molar-refractivity contribution >= 4 is 33.2 Å². The average Bonchev–Trinajstić information content (AvgIpc) is 2.82. The van der Waals surface area contributed by atoms with Gasteiger partial charge in [-0.3, -0.25) is 4.79 Å². The molecule has 0 aliphatic carbocycles. The lowest BCUT2D eigenvalue weighted by molar-refractivity contribution is -0.137. The first kappa shape index (κ1) is 15.1. The smallest absolute Gasteiger partial charge is 0.347 e. The molecule has 0 spiro atoms. The summed E-state index contributed by atoms with van der Waals surface area (Å²) in [5.74, 6) is -0.307. The average molecular weight is 364 g/mol. The van der Waals surface area contributed by atoms with E-state index in [1.165, 1.54) is 17.4 Å². The Hall–Kier alpha value is -1.34. The Bertz CT molecular complexity index is 624. The van der Waals surface area contributed by atoms with Crippen molar-refractivity contribution < 1.29 is 18.0 Å². The molecule has 2 nitrogen and oxygen atoms in total. The molecule has 0 atom stereocenters. The topological polar surface area (TPSA) is 29.1 Å². The van der Waals surface area contributed by atoms with E-state index in [9.17, 15) is 18.0 Å². The van der Waals surface area contributed by atoms with Gasteiger partial charge >= 0.3 is 6.18 Å². The predicted octanol–water partition coefficient (Wildman–Crippen LogP) is 4.46. The minimum atomic E-state index is -4.38. The van der Waals surface area contributed by atoms with Crippen molar-refractivity contribution in [2.24, 2.45) is 0 Å². The third kappa shape index (κ3) is 3.83. The van der Waals surface area contributed by atoms with Gasteiger partial charge in [0, 0.05) is 6.54 Å². The Kier molecular flexibility index (Phi) is 4.49. The molecule has 7 heteroatoms. The monoisotopic (exact) mass is 363 g/mol. The van der Waals surface area contributed by atoms with Crippen LogP contribution in [0.1, 0.15) is 20.8 Å². The summed E-state index contributed by atoms with van der Waals surface area (Å²) in [7, 11) is 0. The molecule has 0 radical (unpaired) electrons. The molecule has 0 fully saturated rings. The van der Waals surface area contributed by atoms with Gasteiger partial charge < -0.3 is 5.32 Å². The van der Waals surface area contributed by atoms with Crippen LogP contribution in [-0.4, -0.2) is 5.91 Å². The number of thiophene rings is 1. The second kappa shape index (κ2) is 5.97. The number of amides is 1. The van der Waals surface area contributed by atoms with E-state index in [1.54, 1.807) is 18.2 Å². The first-order chi connectivity index (χ1) is 9.36. The first-order valence-electron chi connectivity index (χ1n) is 5.56. The fourth-order valence-electron chi connectivity index (χ4n) is 1.56. The van der Waals surface area contributed by atoms with Crippen LogP contribution in [0.5, 0.6) is 0 Å². The molecular formula is C13H9BrF3NOS. The van der Waals surface area contributed by atoms with Crippen molar-refractivity contribution in [1.82, 2.24) is 5.32 Å². The Morgan fingerprint density at radius 3 is 2.60 bits per heavy atom. The second-order valence-corrected chi connectivity index (χ2v) is 6.45. The van der Waals surface area contributed by atoms with Crippen LogP contribution in [0.25, 0.3) is 0 Å².